The maximum absolute atomic E-state index is 13.0. The van der Waals surface area contributed by atoms with Crippen LogP contribution in [-0.4, -0.2) is 23.9 Å². The van der Waals surface area contributed by atoms with Crippen LogP contribution in [0.25, 0.3) is 0 Å². The monoisotopic (exact) mass is 341 g/mol. The number of carbonyl (C=O) groups is 1. The highest BCUT2D eigenvalue weighted by molar-refractivity contribution is 6.06. The van der Waals surface area contributed by atoms with Crippen LogP contribution in [0.3, 0.4) is 0 Å². The number of unbranched alkanes of at least 4 members (excludes halogenated alkanes) is 1. The van der Waals surface area contributed by atoms with E-state index in [0.29, 0.717) is 24.3 Å². The lowest BCUT2D eigenvalue weighted by molar-refractivity contribution is -0.384. The highest BCUT2D eigenvalue weighted by Gasteiger charge is 2.21. The van der Waals surface area contributed by atoms with Gasteiger partial charge >= 0.3 is 0 Å². The minimum atomic E-state index is -0.465. The van der Waals surface area contributed by atoms with E-state index in [1.807, 2.05) is 37.3 Å². The quantitative estimate of drug-likeness (QED) is 0.567. The summed E-state index contributed by atoms with van der Waals surface area (Å²) in [5.74, 6) is -0.231. The molecule has 0 aliphatic carbocycles. The Morgan fingerprint density at radius 2 is 1.88 bits per heavy atom. The van der Waals surface area contributed by atoms with Crippen molar-refractivity contribution in [1.82, 2.24) is 0 Å². The molecule has 0 unspecified atom stereocenters. The summed E-state index contributed by atoms with van der Waals surface area (Å²) < 4.78 is 0. The SMILES string of the molecule is CCCCN(C(=O)c1ccc(NCC)c([N+](=O)[O-])c1)c1ccccc1. The maximum atomic E-state index is 13.0. The Labute approximate surface area is 147 Å². The number of nitrogens with zero attached hydrogens (tertiary/aromatic N) is 2. The zero-order chi connectivity index (χ0) is 18.2. The third kappa shape index (κ3) is 4.56. The first-order valence-electron chi connectivity index (χ1n) is 8.47. The van der Waals surface area contributed by atoms with E-state index in [0.717, 1.165) is 18.5 Å². The van der Waals surface area contributed by atoms with Gasteiger partial charge < -0.3 is 10.2 Å². The van der Waals surface area contributed by atoms with Crippen LogP contribution < -0.4 is 10.2 Å². The second-order valence-corrected chi connectivity index (χ2v) is 5.67. The van der Waals surface area contributed by atoms with Gasteiger partial charge in [-0.15, -0.1) is 0 Å². The Hall–Kier alpha value is -2.89. The molecule has 0 radical (unpaired) electrons. The van der Waals surface area contributed by atoms with Crippen molar-refractivity contribution in [2.24, 2.45) is 0 Å². The normalized spacial score (nSPS) is 10.3. The molecule has 0 heterocycles. The fourth-order valence-corrected chi connectivity index (χ4v) is 2.58. The van der Waals surface area contributed by atoms with Gasteiger partial charge in [-0.25, -0.2) is 0 Å². The van der Waals surface area contributed by atoms with E-state index in [9.17, 15) is 14.9 Å². The van der Waals surface area contributed by atoms with Crippen molar-refractivity contribution in [3.05, 3.63) is 64.2 Å². The molecular weight excluding hydrogens is 318 g/mol. The van der Waals surface area contributed by atoms with Gasteiger partial charge in [0.15, 0.2) is 0 Å². The number of hydrogen-bond acceptors (Lipinski definition) is 4. The van der Waals surface area contributed by atoms with Crippen LogP contribution in [0.1, 0.15) is 37.0 Å². The van der Waals surface area contributed by atoms with Crippen LogP contribution in [0.2, 0.25) is 0 Å². The fourth-order valence-electron chi connectivity index (χ4n) is 2.58. The minimum absolute atomic E-state index is 0.0868. The molecule has 0 aromatic heterocycles. The molecule has 25 heavy (non-hydrogen) atoms. The van der Waals surface area contributed by atoms with E-state index in [4.69, 9.17) is 0 Å². The molecular formula is C19H23N3O3. The fraction of sp³-hybridized carbons (Fsp3) is 0.316. The van der Waals surface area contributed by atoms with Crippen molar-refractivity contribution >= 4 is 23.0 Å². The molecule has 0 spiro atoms. The van der Waals surface area contributed by atoms with Gasteiger partial charge in [-0.1, -0.05) is 31.5 Å². The second-order valence-electron chi connectivity index (χ2n) is 5.67. The number of amides is 1. The summed E-state index contributed by atoms with van der Waals surface area (Å²) in [6.07, 6.45) is 1.81. The summed E-state index contributed by atoms with van der Waals surface area (Å²) in [5.41, 5.74) is 1.44. The Kier molecular flexibility index (Phi) is 6.51. The first kappa shape index (κ1) is 18.4. The van der Waals surface area contributed by atoms with E-state index >= 15 is 0 Å². The standard InChI is InChI=1S/C19H23N3O3/c1-3-5-13-21(16-9-7-6-8-10-16)19(23)15-11-12-17(20-4-2)18(14-15)22(24)25/h6-12,14,20H,3-5,13H2,1-2H3. The van der Waals surface area contributed by atoms with Crippen molar-refractivity contribution < 1.29 is 9.72 Å². The van der Waals surface area contributed by atoms with Crippen molar-refractivity contribution in [1.29, 1.82) is 0 Å². The summed E-state index contributed by atoms with van der Waals surface area (Å²) in [7, 11) is 0. The third-order valence-corrected chi connectivity index (χ3v) is 3.86. The average molecular weight is 341 g/mol. The second kappa shape index (κ2) is 8.82. The molecule has 0 atom stereocenters. The number of anilines is 2. The molecule has 0 aliphatic rings. The first-order valence-corrected chi connectivity index (χ1v) is 8.47. The summed E-state index contributed by atoms with van der Waals surface area (Å²) in [6, 6.07) is 14.0. The molecule has 0 aliphatic heterocycles. The van der Waals surface area contributed by atoms with Gasteiger partial charge in [-0.2, -0.15) is 0 Å². The van der Waals surface area contributed by atoms with Crippen LogP contribution in [-0.2, 0) is 0 Å². The van der Waals surface area contributed by atoms with Crippen LogP contribution in [0, 0.1) is 10.1 Å². The predicted molar refractivity (Wildman–Crippen MR) is 100 cm³/mol. The van der Waals surface area contributed by atoms with E-state index < -0.39 is 4.92 Å². The number of carbonyl (C=O) groups excluding carboxylic acids is 1. The highest BCUT2D eigenvalue weighted by Crippen LogP contribution is 2.27. The molecule has 0 saturated heterocycles. The number of rotatable bonds is 8. The molecule has 6 heteroatoms. The Balaban J connectivity index is 2.38. The molecule has 0 bridgehead atoms. The number of hydrogen-bond donors (Lipinski definition) is 1. The van der Waals surface area contributed by atoms with Crippen LogP contribution >= 0.6 is 0 Å². The molecule has 0 fully saturated rings. The minimum Gasteiger partial charge on any atom is -0.380 e. The van der Waals surface area contributed by atoms with Crippen molar-refractivity contribution in [2.75, 3.05) is 23.3 Å². The van der Waals surface area contributed by atoms with Gasteiger partial charge in [-0.05, 0) is 37.6 Å². The number of nitro benzene ring substituents is 1. The maximum Gasteiger partial charge on any atom is 0.293 e. The molecule has 6 nitrogen and oxygen atoms in total. The summed E-state index contributed by atoms with van der Waals surface area (Å²) in [5, 5.41) is 14.3. The lowest BCUT2D eigenvalue weighted by atomic mass is 10.1. The predicted octanol–water partition coefficient (Wildman–Crippen LogP) is 4.47. The molecule has 1 amide bonds. The zero-order valence-corrected chi connectivity index (χ0v) is 14.6. The average Bonchev–Trinajstić information content (AvgIpc) is 2.63. The summed E-state index contributed by atoms with van der Waals surface area (Å²) in [6.45, 7) is 5.07. The van der Waals surface area contributed by atoms with Gasteiger partial charge in [-0.3, -0.25) is 14.9 Å². The molecule has 2 aromatic rings. The molecule has 2 aromatic carbocycles. The van der Waals surface area contributed by atoms with E-state index in [2.05, 4.69) is 12.2 Å². The number of nitrogens with one attached hydrogen (secondary N) is 1. The van der Waals surface area contributed by atoms with Gasteiger partial charge in [0.25, 0.3) is 11.6 Å². The third-order valence-electron chi connectivity index (χ3n) is 3.86. The highest BCUT2D eigenvalue weighted by atomic mass is 16.6. The van der Waals surface area contributed by atoms with Gasteiger partial charge in [0.2, 0.25) is 0 Å². The smallest absolute Gasteiger partial charge is 0.293 e. The number of nitro groups is 1. The van der Waals surface area contributed by atoms with Crippen LogP contribution in [0.15, 0.2) is 48.5 Å². The van der Waals surface area contributed by atoms with Crippen LogP contribution in [0.5, 0.6) is 0 Å². The van der Waals surface area contributed by atoms with Gasteiger partial charge in [0, 0.05) is 30.4 Å². The lowest BCUT2D eigenvalue weighted by Gasteiger charge is -2.23. The number of para-hydroxylation sites is 1. The zero-order valence-electron chi connectivity index (χ0n) is 14.6. The van der Waals surface area contributed by atoms with Crippen molar-refractivity contribution in [2.45, 2.75) is 26.7 Å². The molecule has 132 valence electrons. The van der Waals surface area contributed by atoms with Crippen LogP contribution in [0.4, 0.5) is 17.1 Å². The lowest BCUT2D eigenvalue weighted by Crippen LogP contribution is -2.32. The van der Waals surface area contributed by atoms with E-state index in [1.54, 1.807) is 17.0 Å². The Morgan fingerprint density at radius 3 is 2.48 bits per heavy atom. The van der Waals surface area contributed by atoms with Gasteiger partial charge in [0.1, 0.15) is 5.69 Å². The molecule has 0 saturated carbocycles. The topological polar surface area (TPSA) is 75.5 Å². The van der Waals surface area contributed by atoms with Gasteiger partial charge in [0.05, 0.1) is 4.92 Å². The summed E-state index contributed by atoms with van der Waals surface area (Å²) >= 11 is 0. The first-order chi connectivity index (χ1) is 12.1. The Morgan fingerprint density at radius 1 is 1.16 bits per heavy atom. The van der Waals surface area contributed by atoms with Crippen molar-refractivity contribution in [3.63, 3.8) is 0 Å². The van der Waals surface area contributed by atoms with E-state index in [1.165, 1.54) is 6.07 Å². The largest absolute Gasteiger partial charge is 0.380 e. The Bertz CT molecular complexity index is 732. The molecule has 1 N–H and O–H groups in total. The van der Waals surface area contributed by atoms with Crippen molar-refractivity contribution in [3.8, 4) is 0 Å². The van der Waals surface area contributed by atoms with E-state index in [-0.39, 0.29) is 11.6 Å². The summed E-state index contributed by atoms with van der Waals surface area (Å²) in [4.78, 5) is 25.5. The molecule has 2 rings (SSSR count). The number of benzene rings is 2.